The van der Waals surface area contributed by atoms with Gasteiger partial charge in [-0.3, -0.25) is 0 Å². The summed E-state index contributed by atoms with van der Waals surface area (Å²) in [6.07, 6.45) is 0. The van der Waals surface area contributed by atoms with E-state index in [9.17, 15) is 4.39 Å². The van der Waals surface area contributed by atoms with Crippen molar-refractivity contribution in [3.8, 4) is 0 Å². The van der Waals surface area contributed by atoms with E-state index in [0.717, 1.165) is 11.1 Å². The van der Waals surface area contributed by atoms with Crippen LogP contribution in [0.25, 0.3) is 0 Å². The van der Waals surface area contributed by atoms with Gasteiger partial charge in [-0.1, -0.05) is 42.5 Å². The SMILES string of the molecule is CC(CCl)(NCc1cccc(F)c1)c1ccccc1. The molecule has 19 heavy (non-hydrogen) atoms. The summed E-state index contributed by atoms with van der Waals surface area (Å²) < 4.78 is 13.1. The highest BCUT2D eigenvalue weighted by atomic mass is 35.5. The number of hydrogen-bond donors (Lipinski definition) is 1. The zero-order valence-electron chi connectivity index (χ0n) is 10.9. The average molecular weight is 278 g/mol. The number of rotatable bonds is 5. The molecule has 2 aromatic carbocycles. The third-order valence-corrected chi connectivity index (χ3v) is 3.78. The smallest absolute Gasteiger partial charge is 0.123 e. The monoisotopic (exact) mass is 277 g/mol. The van der Waals surface area contributed by atoms with Crippen molar-refractivity contribution >= 4 is 11.6 Å². The summed E-state index contributed by atoms with van der Waals surface area (Å²) in [5.74, 6) is 0.235. The Morgan fingerprint density at radius 3 is 2.47 bits per heavy atom. The van der Waals surface area contributed by atoms with E-state index in [0.29, 0.717) is 12.4 Å². The summed E-state index contributed by atoms with van der Waals surface area (Å²) in [5.41, 5.74) is 1.71. The largest absolute Gasteiger partial charge is 0.303 e. The van der Waals surface area contributed by atoms with E-state index >= 15 is 0 Å². The number of nitrogens with one attached hydrogen (secondary N) is 1. The van der Waals surface area contributed by atoms with Gasteiger partial charge in [0.15, 0.2) is 0 Å². The Morgan fingerprint density at radius 2 is 1.84 bits per heavy atom. The van der Waals surface area contributed by atoms with Crippen LogP contribution in [0.15, 0.2) is 54.6 Å². The molecular formula is C16H17ClFN. The quantitative estimate of drug-likeness (QED) is 0.813. The highest BCUT2D eigenvalue weighted by molar-refractivity contribution is 6.18. The molecule has 3 heteroatoms. The Labute approximate surface area is 118 Å². The standard InChI is InChI=1S/C16H17ClFN/c1-16(12-17,14-7-3-2-4-8-14)19-11-13-6-5-9-15(18)10-13/h2-10,19H,11-12H2,1H3. The van der Waals surface area contributed by atoms with Gasteiger partial charge in [0.2, 0.25) is 0 Å². The van der Waals surface area contributed by atoms with E-state index in [4.69, 9.17) is 11.6 Å². The molecule has 100 valence electrons. The highest BCUT2D eigenvalue weighted by Gasteiger charge is 2.24. The third-order valence-electron chi connectivity index (χ3n) is 3.25. The van der Waals surface area contributed by atoms with Gasteiger partial charge in [-0.2, -0.15) is 0 Å². The Morgan fingerprint density at radius 1 is 1.11 bits per heavy atom. The lowest BCUT2D eigenvalue weighted by Gasteiger charge is -2.29. The first-order valence-corrected chi connectivity index (χ1v) is 6.78. The van der Waals surface area contributed by atoms with Crippen molar-refractivity contribution in [2.45, 2.75) is 19.0 Å². The summed E-state index contributed by atoms with van der Waals surface area (Å²) in [7, 11) is 0. The van der Waals surface area contributed by atoms with E-state index in [-0.39, 0.29) is 11.4 Å². The zero-order valence-corrected chi connectivity index (χ0v) is 11.6. The molecule has 0 bridgehead atoms. The minimum Gasteiger partial charge on any atom is -0.303 e. The van der Waals surface area contributed by atoms with Gasteiger partial charge >= 0.3 is 0 Å². The molecule has 1 N–H and O–H groups in total. The first kappa shape index (κ1) is 14.0. The van der Waals surface area contributed by atoms with Crippen molar-refractivity contribution in [3.05, 3.63) is 71.5 Å². The molecule has 0 aliphatic carbocycles. The molecule has 0 aromatic heterocycles. The predicted molar refractivity (Wildman–Crippen MR) is 77.8 cm³/mol. The zero-order chi connectivity index (χ0) is 13.7. The van der Waals surface area contributed by atoms with E-state index in [1.54, 1.807) is 6.07 Å². The van der Waals surface area contributed by atoms with Crippen molar-refractivity contribution < 1.29 is 4.39 Å². The van der Waals surface area contributed by atoms with E-state index in [1.807, 2.05) is 36.4 Å². The minimum atomic E-state index is -0.324. The van der Waals surface area contributed by atoms with Gasteiger partial charge in [0, 0.05) is 12.4 Å². The second-order valence-electron chi connectivity index (χ2n) is 4.82. The van der Waals surface area contributed by atoms with Gasteiger partial charge < -0.3 is 5.32 Å². The Hall–Kier alpha value is -1.38. The van der Waals surface area contributed by atoms with Crippen molar-refractivity contribution in [3.63, 3.8) is 0 Å². The van der Waals surface area contributed by atoms with E-state index in [1.165, 1.54) is 12.1 Å². The second kappa shape index (κ2) is 6.18. The van der Waals surface area contributed by atoms with Crippen LogP contribution < -0.4 is 5.32 Å². The van der Waals surface area contributed by atoms with Gasteiger partial charge in [-0.25, -0.2) is 4.39 Å². The van der Waals surface area contributed by atoms with Crippen LogP contribution >= 0.6 is 11.6 Å². The molecule has 0 radical (unpaired) electrons. The molecule has 2 aromatic rings. The van der Waals surface area contributed by atoms with Crippen LogP contribution in [0.2, 0.25) is 0 Å². The van der Waals surface area contributed by atoms with E-state index < -0.39 is 0 Å². The van der Waals surface area contributed by atoms with Crippen LogP contribution in [0.5, 0.6) is 0 Å². The van der Waals surface area contributed by atoms with Crippen LogP contribution in [0.3, 0.4) is 0 Å². The lowest BCUT2D eigenvalue weighted by atomic mass is 9.94. The molecule has 0 aliphatic rings. The maximum atomic E-state index is 13.1. The van der Waals surface area contributed by atoms with Crippen LogP contribution in [-0.4, -0.2) is 5.88 Å². The molecule has 1 nitrogen and oxygen atoms in total. The summed E-state index contributed by atoms with van der Waals surface area (Å²) in [5, 5.41) is 3.41. The third kappa shape index (κ3) is 3.55. The number of benzene rings is 2. The molecule has 0 amide bonds. The Bertz CT molecular complexity index is 529. The van der Waals surface area contributed by atoms with Crippen LogP contribution in [-0.2, 0) is 12.1 Å². The van der Waals surface area contributed by atoms with Gasteiger partial charge in [0.05, 0.1) is 5.54 Å². The average Bonchev–Trinajstić information content (AvgIpc) is 2.46. The van der Waals surface area contributed by atoms with Gasteiger partial charge in [0.25, 0.3) is 0 Å². The van der Waals surface area contributed by atoms with E-state index in [2.05, 4.69) is 12.2 Å². The molecule has 0 fully saturated rings. The predicted octanol–water partition coefficient (Wildman–Crippen LogP) is 4.07. The Kier molecular flexibility index (Phi) is 4.56. The van der Waals surface area contributed by atoms with Crippen molar-refractivity contribution in [1.82, 2.24) is 5.32 Å². The highest BCUT2D eigenvalue weighted by Crippen LogP contribution is 2.22. The van der Waals surface area contributed by atoms with Crippen molar-refractivity contribution in [1.29, 1.82) is 0 Å². The normalized spacial score (nSPS) is 14.1. The summed E-state index contributed by atoms with van der Waals surface area (Å²) in [6, 6.07) is 16.6. The maximum absolute atomic E-state index is 13.1. The van der Waals surface area contributed by atoms with Gasteiger partial charge in [-0.05, 0) is 30.2 Å². The molecular weight excluding hydrogens is 261 g/mol. The van der Waals surface area contributed by atoms with Crippen LogP contribution in [0.1, 0.15) is 18.1 Å². The van der Waals surface area contributed by atoms with Gasteiger partial charge in [-0.15, -0.1) is 11.6 Å². The van der Waals surface area contributed by atoms with Gasteiger partial charge in [0.1, 0.15) is 5.82 Å². The molecule has 0 aliphatic heterocycles. The topological polar surface area (TPSA) is 12.0 Å². The molecule has 0 saturated heterocycles. The molecule has 0 spiro atoms. The maximum Gasteiger partial charge on any atom is 0.123 e. The fourth-order valence-corrected chi connectivity index (χ4v) is 2.23. The lowest BCUT2D eigenvalue weighted by Crippen LogP contribution is -2.40. The first-order valence-electron chi connectivity index (χ1n) is 6.25. The fraction of sp³-hybridized carbons (Fsp3) is 0.250. The minimum absolute atomic E-state index is 0.216. The molecule has 2 rings (SSSR count). The van der Waals surface area contributed by atoms with Crippen molar-refractivity contribution in [2.75, 3.05) is 5.88 Å². The fourth-order valence-electron chi connectivity index (χ4n) is 1.98. The summed E-state index contributed by atoms with van der Waals surface area (Å²) in [4.78, 5) is 0. The summed E-state index contributed by atoms with van der Waals surface area (Å²) >= 11 is 6.10. The number of halogens is 2. The summed E-state index contributed by atoms with van der Waals surface area (Å²) in [6.45, 7) is 2.63. The van der Waals surface area contributed by atoms with Crippen LogP contribution in [0.4, 0.5) is 4.39 Å². The van der Waals surface area contributed by atoms with Crippen LogP contribution in [0, 0.1) is 5.82 Å². The molecule has 0 saturated carbocycles. The number of alkyl halides is 1. The molecule has 1 unspecified atom stereocenters. The number of hydrogen-bond acceptors (Lipinski definition) is 1. The molecule has 0 heterocycles. The molecule has 1 atom stereocenters. The first-order chi connectivity index (χ1) is 9.14. The van der Waals surface area contributed by atoms with Crippen molar-refractivity contribution in [2.24, 2.45) is 0 Å². The second-order valence-corrected chi connectivity index (χ2v) is 5.08. The Balaban J connectivity index is 2.11. The lowest BCUT2D eigenvalue weighted by molar-refractivity contribution is 0.406.